The lowest BCUT2D eigenvalue weighted by Gasteiger charge is -2.33. The molecule has 2 heteroatoms. The van der Waals surface area contributed by atoms with Crippen LogP contribution in [0.5, 0.6) is 0 Å². The van der Waals surface area contributed by atoms with E-state index in [1.165, 1.54) is 0 Å². The fourth-order valence-corrected chi connectivity index (χ4v) is 9.78. The topological polar surface area (TPSA) is 40.5 Å². The molecule has 0 bridgehead atoms. The Morgan fingerprint density at radius 1 is 0.212 bits per heavy atom. The molecule has 0 fully saturated rings. The average Bonchev–Trinajstić information content (AvgIpc) is 3.40. The van der Waals surface area contributed by atoms with E-state index in [0.29, 0.717) is 0 Å². The summed E-state index contributed by atoms with van der Waals surface area (Å²) < 4.78 is 0. The smallest absolute Gasteiger partial charge is 0.141 e. The van der Waals surface area contributed by atoms with Crippen molar-refractivity contribution in [2.75, 3.05) is 0 Å². The van der Waals surface area contributed by atoms with Crippen molar-refractivity contribution in [3.8, 4) is 44.5 Å². The maximum atomic E-state index is 13.7. The van der Waals surface area contributed by atoms with Crippen molar-refractivity contribution in [3.63, 3.8) is 0 Å². The van der Waals surface area contributed by atoms with Crippen LogP contribution in [0.1, 0.15) is 33.4 Å². The van der Waals surface area contributed by atoms with Crippen LogP contribution in [0.25, 0.3) is 66.1 Å². The minimum absolute atomic E-state index is 0.750. The number of hydrogen-bond acceptors (Lipinski definition) is 2. The third-order valence-corrected chi connectivity index (χ3v) is 13.3. The Kier molecular flexibility index (Phi) is 10.5. The van der Waals surface area contributed by atoms with Gasteiger partial charge in [0.1, 0.15) is 11.2 Å². The van der Waals surface area contributed by atoms with E-state index in [1.807, 2.05) is 97.1 Å². The zero-order valence-corrected chi connectivity index (χ0v) is 36.3. The van der Waals surface area contributed by atoms with Gasteiger partial charge >= 0.3 is 0 Å². The van der Waals surface area contributed by atoms with Gasteiger partial charge in [-0.15, -0.1) is 0 Å². The summed E-state index contributed by atoms with van der Waals surface area (Å²) >= 11 is 0. The number of aliphatic hydroxyl groups is 2. The van der Waals surface area contributed by atoms with Crippen LogP contribution < -0.4 is 0 Å². The molecule has 0 aliphatic heterocycles. The fraction of sp³-hybridized carbons (Fsp3) is 0.0312. The van der Waals surface area contributed by atoms with Gasteiger partial charge < -0.3 is 10.2 Å². The second kappa shape index (κ2) is 17.1. The van der Waals surface area contributed by atoms with E-state index < -0.39 is 11.2 Å². The number of benzene rings is 11. The summed E-state index contributed by atoms with van der Waals surface area (Å²) in [5, 5.41) is 31.1. The third kappa shape index (κ3) is 7.29. The van der Waals surface area contributed by atoms with E-state index in [1.54, 1.807) is 0 Å². The number of hydrogen-bond donors (Lipinski definition) is 2. The zero-order chi connectivity index (χ0) is 44.5. The largest absolute Gasteiger partial charge is 0.376 e. The molecule has 314 valence electrons. The molecule has 0 aliphatic rings. The average molecular weight is 847 g/mol. The first-order valence-electron chi connectivity index (χ1n) is 22.5. The van der Waals surface area contributed by atoms with Gasteiger partial charge in [-0.1, -0.05) is 255 Å². The molecule has 11 aromatic rings. The van der Waals surface area contributed by atoms with Crippen molar-refractivity contribution in [3.05, 3.63) is 300 Å². The van der Waals surface area contributed by atoms with E-state index in [-0.39, 0.29) is 0 Å². The standard InChI is InChI=1S/C64H46O2/c65-63(55-35-27-49(28-36-55)45-15-5-1-6-16-45,56-37-29-50(30-38-56)46-17-7-2-8-18-46)61-25-13-23-53-43-54-24-14-26-62(60(54)44-59(53)61)64(66,57-39-31-51(32-40-57)47-19-9-3-10-20-47)58-41-33-52(34-42-58)48-21-11-4-12-22-48/h1-44,65-66H. The highest BCUT2D eigenvalue weighted by molar-refractivity contribution is 6.02. The van der Waals surface area contributed by atoms with Gasteiger partial charge in [-0.2, -0.15) is 0 Å². The first kappa shape index (κ1) is 40.6. The Hall–Kier alpha value is -8.14. The van der Waals surface area contributed by atoms with Gasteiger partial charge in [-0.25, -0.2) is 0 Å². The molecule has 0 spiro atoms. The third-order valence-electron chi connectivity index (χ3n) is 13.3. The molecule has 0 amide bonds. The quantitative estimate of drug-likeness (QED) is 0.106. The molecule has 2 N–H and O–H groups in total. The Balaban J connectivity index is 1.11. The van der Waals surface area contributed by atoms with E-state index in [2.05, 4.69) is 170 Å². The zero-order valence-electron chi connectivity index (χ0n) is 36.3. The van der Waals surface area contributed by atoms with Crippen LogP contribution in [-0.4, -0.2) is 10.2 Å². The molecular formula is C64H46O2. The van der Waals surface area contributed by atoms with E-state index in [0.717, 1.165) is 99.4 Å². The van der Waals surface area contributed by atoms with Crippen LogP contribution in [0.4, 0.5) is 0 Å². The van der Waals surface area contributed by atoms with E-state index >= 15 is 0 Å². The van der Waals surface area contributed by atoms with Crippen molar-refractivity contribution in [2.24, 2.45) is 0 Å². The van der Waals surface area contributed by atoms with Gasteiger partial charge in [0.2, 0.25) is 0 Å². The maximum absolute atomic E-state index is 13.7. The Morgan fingerprint density at radius 2 is 0.455 bits per heavy atom. The normalized spacial score (nSPS) is 11.8. The summed E-state index contributed by atoms with van der Waals surface area (Å²) in [6.45, 7) is 0. The highest BCUT2D eigenvalue weighted by Gasteiger charge is 2.38. The molecule has 2 nitrogen and oxygen atoms in total. The first-order valence-corrected chi connectivity index (χ1v) is 22.5. The summed E-state index contributed by atoms with van der Waals surface area (Å²) in [6, 6.07) is 91.2. The number of rotatable bonds is 10. The van der Waals surface area contributed by atoms with Gasteiger partial charge in [-0.3, -0.25) is 0 Å². The van der Waals surface area contributed by atoms with Crippen molar-refractivity contribution in [1.29, 1.82) is 0 Å². The van der Waals surface area contributed by atoms with Crippen molar-refractivity contribution < 1.29 is 10.2 Å². The lowest BCUT2D eigenvalue weighted by molar-refractivity contribution is 0.127. The second-order valence-electron chi connectivity index (χ2n) is 17.1. The van der Waals surface area contributed by atoms with Crippen molar-refractivity contribution in [1.82, 2.24) is 0 Å². The second-order valence-corrected chi connectivity index (χ2v) is 17.1. The molecule has 0 heterocycles. The van der Waals surface area contributed by atoms with Crippen molar-refractivity contribution >= 4 is 21.5 Å². The number of fused-ring (bicyclic) bond motifs is 2. The van der Waals surface area contributed by atoms with Gasteiger partial charge in [0.25, 0.3) is 0 Å². The fourth-order valence-electron chi connectivity index (χ4n) is 9.78. The summed E-state index contributed by atoms with van der Waals surface area (Å²) in [5.74, 6) is 0. The van der Waals surface area contributed by atoms with E-state index in [9.17, 15) is 10.2 Å². The Morgan fingerprint density at radius 3 is 0.712 bits per heavy atom. The summed E-state index contributed by atoms with van der Waals surface area (Å²) in [7, 11) is 0. The van der Waals surface area contributed by atoms with Crippen LogP contribution in [0.15, 0.2) is 267 Å². The van der Waals surface area contributed by atoms with Crippen LogP contribution in [0.2, 0.25) is 0 Å². The van der Waals surface area contributed by atoms with Crippen LogP contribution in [-0.2, 0) is 11.2 Å². The Labute approximate surface area is 386 Å². The molecule has 0 radical (unpaired) electrons. The van der Waals surface area contributed by atoms with E-state index in [4.69, 9.17) is 0 Å². The van der Waals surface area contributed by atoms with Crippen LogP contribution in [0, 0.1) is 0 Å². The van der Waals surface area contributed by atoms with Gasteiger partial charge in [-0.05, 0) is 100 Å². The predicted octanol–water partition coefficient (Wildman–Crippen LogP) is 15.2. The first-order chi connectivity index (χ1) is 32.5. The molecule has 0 unspecified atom stereocenters. The molecule has 11 aromatic carbocycles. The molecule has 0 saturated heterocycles. The SMILES string of the molecule is OC(c1ccc(-c2ccccc2)cc1)(c1ccc(-c2ccccc2)cc1)c1cccc2cc3cccc(C(O)(c4ccc(-c5ccccc5)cc4)c4ccc(-c5ccccc5)cc4)c3cc12. The molecule has 11 rings (SSSR count). The summed E-state index contributed by atoms with van der Waals surface area (Å²) in [6.07, 6.45) is 0. The van der Waals surface area contributed by atoms with Crippen LogP contribution in [0.3, 0.4) is 0 Å². The molecule has 0 saturated carbocycles. The van der Waals surface area contributed by atoms with Gasteiger partial charge in [0, 0.05) is 11.1 Å². The minimum atomic E-state index is -1.55. The van der Waals surface area contributed by atoms with Gasteiger partial charge in [0.05, 0.1) is 0 Å². The molecule has 0 aliphatic carbocycles. The maximum Gasteiger partial charge on any atom is 0.141 e. The lowest BCUT2D eigenvalue weighted by Crippen LogP contribution is -2.30. The predicted molar refractivity (Wildman–Crippen MR) is 273 cm³/mol. The minimum Gasteiger partial charge on any atom is -0.376 e. The molecular weight excluding hydrogens is 801 g/mol. The van der Waals surface area contributed by atoms with Crippen LogP contribution >= 0.6 is 0 Å². The highest BCUT2D eigenvalue weighted by atomic mass is 16.3. The molecule has 0 aromatic heterocycles. The Bertz CT molecular complexity index is 3020. The molecule has 0 atom stereocenters. The van der Waals surface area contributed by atoms with Crippen molar-refractivity contribution in [2.45, 2.75) is 11.2 Å². The molecule has 66 heavy (non-hydrogen) atoms. The summed E-state index contributed by atoms with van der Waals surface area (Å²) in [4.78, 5) is 0. The summed E-state index contributed by atoms with van der Waals surface area (Å²) in [5.41, 5.74) is 10.1. The highest BCUT2D eigenvalue weighted by Crippen LogP contribution is 2.46. The lowest BCUT2D eigenvalue weighted by atomic mass is 9.75. The monoisotopic (exact) mass is 846 g/mol. The van der Waals surface area contributed by atoms with Gasteiger partial charge in [0.15, 0.2) is 0 Å².